The highest BCUT2D eigenvalue weighted by Crippen LogP contribution is 2.31. The number of anilines is 1. The lowest BCUT2D eigenvalue weighted by atomic mass is 9.99. The highest BCUT2D eigenvalue weighted by Gasteiger charge is 2.38. The van der Waals surface area contributed by atoms with Crippen LogP contribution in [-0.4, -0.2) is 27.1 Å². The maximum atomic E-state index is 12.7. The van der Waals surface area contributed by atoms with E-state index in [1.54, 1.807) is 48.5 Å². The second-order valence-electron chi connectivity index (χ2n) is 8.12. The quantitative estimate of drug-likeness (QED) is 0.278. The summed E-state index contributed by atoms with van der Waals surface area (Å²) in [6.45, 7) is 2.08. The molecule has 1 atom stereocenters. The molecule has 7 nitrogen and oxygen atoms in total. The molecule has 2 N–H and O–H groups in total. The van der Waals surface area contributed by atoms with Gasteiger partial charge < -0.3 is 14.8 Å². The van der Waals surface area contributed by atoms with Crippen molar-refractivity contribution in [1.29, 1.82) is 0 Å². The molecule has 0 aliphatic rings. The number of rotatable bonds is 12. The van der Waals surface area contributed by atoms with Gasteiger partial charge >= 0.3 is 18.0 Å². The number of hydrogen-bond donors (Lipinski definition) is 2. The number of carbonyl (C=O) groups is 2. The van der Waals surface area contributed by atoms with E-state index < -0.39 is 18.0 Å². The fourth-order valence-electron chi connectivity index (χ4n) is 3.54. The van der Waals surface area contributed by atoms with E-state index in [0.717, 1.165) is 30.5 Å². The van der Waals surface area contributed by atoms with Gasteiger partial charge in [0.1, 0.15) is 0 Å². The summed E-state index contributed by atoms with van der Waals surface area (Å²) in [6.07, 6.45) is -1.50. The molecule has 0 saturated carbocycles. The van der Waals surface area contributed by atoms with Gasteiger partial charge in [0.05, 0.1) is 6.04 Å². The van der Waals surface area contributed by atoms with Crippen LogP contribution in [0.25, 0.3) is 11.5 Å². The lowest BCUT2D eigenvalue weighted by Gasteiger charge is -2.21. The van der Waals surface area contributed by atoms with Crippen LogP contribution < -0.4 is 5.32 Å². The van der Waals surface area contributed by atoms with Crippen LogP contribution in [0.2, 0.25) is 0 Å². The number of aliphatic carboxylic acids is 1. The molecule has 3 rings (SSSR count). The Morgan fingerprint density at radius 1 is 1.00 bits per heavy atom. The minimum atomic E-state index is -4.70. The number of nitrogens with one attached hydrogen (secondary N) is 1. The smallest absolute Gasteiger partial charge is 0.470 e. The minimum Gasteiger partial charge on any atom is -0.481 e. The predicted octanol–water partition coefficient (Wildman–Crippen LogP) is 6.54. The highest BCUT2D eigenvalue weighted by atomic mass is 19.4. The molecule has 10 heteroatoms. The molecule has 3 aromatic rings. The van der Waals surface area contributed by atoms with Gasteiger partial charge in [-0.05, 0) is 54.8 Å². The van der Waals surface area contributed by atoms with Gasteiger partial charge in [0, 0.05) is 29.7 Å². The monoisotopic (exact) mass is 489 g/mol. The average molecular weight is 489 g/mol. The number of Topliss-reactive ketones (excluding diaryl/α,β-unsaturated/α-hetero) is 1. The third-order valence-electron chi connectivity index (χ3n) is 5.42. The predicted molar refractivity (Wildman–Crippen MR) is 123 cm³/mol. The summed E-state index contributed by atoms with van der Waals surface area (Å²) in [4.78, 5) is 22.8. The van der Waals surface area contributed by atoms with Gasteiger partial charge in [-0.2, -0.15) is 13.2 Å². The number of carboxylic acid groups (broad SMARTS) is 1. The first-order valence-corrected chi connectivity index (χ1v) is 11.3. The summed E-state index contributed by atoms with van der Waals surface area (Å²) in [5.41, 5.74) is 2.65. The molecule has 0 aliphatic carbocycles. The minimum absolute atomic E-state index is 0.0424. The van der Waals surface area contributed by atoms with E-state index in [9.17, 15) is 22.8 Å². The molecule has 0 saturated heterocycles. The summed E-state index contributed by atoms with van der Waals surface area (Å²) in [6, 6.07) is 13.9. The fourth-order valence-corrected chi connectivity index (χ4v) is 3.54. The fraction of sp³-hybridized carbons (Fsp3) is 0.360. The largest absolute Gasteiger partial charge is 0.481 e. The Bertz CT molecular complexity index is 1130. The van der Waals surface area contributed by atoms with Crippen molar-refractivity contribution in [3.05, 3.63) is 65.5 Å². The summed E-state index contributed by atoms with van der Waals surface area (Å²) in [7, 11) is 0. The molecule has 0 fully saturated rings. The molecule has 0 amide bonds. The van der Waals surface area contributed by atoms with E-state index in [0.29, 0.717) is 17.5 Å². The van der Waals surface area contributed by atoms with Gasteiger partial charge in [-0.15, -0.1) is 10.2 Å². The summed E-state index contributed by atoms with van der Waals surface area (Å²) in [5.74, 6) is -2.62. The van der Waals surface area contributed by atoms with Crippen LogP contribution >= 0.6 is 0 Å². The Balaban J connectivity index is 1.69. The SMILES string of the molecule is CCCC[C@H](Nc1ccc(C(=O)CCCC(=O)O)cc1)c1ccc(-c2nnc(C(F)(F)F)o2)cc1. The van der Waals surface area contributed by atoms with Crippen molar-refractivity contribution in [3.63, 3.8) is 0 Å². The van der Waals surface area contributed by atoms with Crippen molar-refractivity contribution in [2.75, 3.05) is 5.32 Å². The molecule has 35 heavy (non-hydrogen) atoms. The van der Waals surface area contributed by atoms with Crippen molar-refractivity contribution < 1.29 is 32.3 Å². The molecule has 1 aromatic heterocycles. The molecule has 2 aromatic carbocycles. The number of unbranched alkanes of at least 4 members (excludes halogenated alkanes) is 1. The van der Waals surface area contributed by atoms with Crippen molar-refractivity contribution in [2.24, 2.45) is 0 Å². The summed E-state index contributed by atoms with van der Waals surface area (Å²) < 4.78 is 42.9. The number of hydrogen-bond acceptors (Lipinski definition) is 6. The lowest BCUT2D eigenvalue weighted by Crippen LogP contribution is -2.11. The Morgan fingerprint density at radius 3 is 2.26 bits per heavy atom. The van der Waals surface area contributed by atoms with Gasteiger partial charge in [0.25, 0.3) is 0 Å². The lowest BCUT2D eigenvalue weighted by molar-refractivity contribution is -0.157. The number of benzene rings is 2. The molecule has 0 bridgehead atoms. The number of nitrogens with zero attached hydrogens (tertiary/aromatic N) is 2. The van der Waals surface area contributed by atoms with E-state index in [4.69, 9.17) is 9.52 Å². The van der Waals surface area contributed by atoms with Crippen molar-refractivity contribution in [2.45, 2.75) is 57.7 Å². The molecular weight excluding hydrogens is 463 g/mol. The molecule has 0 unspecified atom stereocenters. The molecule has 0 radical (unpaired) electrons. The van der Waals surface area contributed by atoms with Gasteiger partial charge in [0.2, 0.25) is 5.89 Å². The zero-order valence-electron chi connectivity index (χ0n) is 19.1. The molecule has 0 spiro atoms. The van der Waals surface area contributed by atoms with Crippen LogP contribution in [-0.2, 0) is 11.0 Å². The second kappa shape index (κ2) is 11.6. The van der Waals surface area contributed by atoms with Crippen molar-refractivity contribution >= 4 is 17.4 Å². The summed E-state index contributed by atoms with van der Waals surface area (Å²) >= 11 is 0. The van der Waals surface area contributed by atoms with Crippen LogP contribution in [0, 0.1) is 0 Å². The Kier molecular flexibility index (Phi) is 8.62. The summed E-state index contributed by atoms with van der Waals surface area (Å²) in [5, 5.41) is 18.7. The molecular formula is C25H26F3N3O4. The first kappa shape index (κ1) is 25.9. The number of ketones is 1. The van der Waals surface area contributed by atoms with Crippen LogP contribution in [0.1, 0.15) is 73.3 Å². The van der Waals surface area contributed by atoms with E-state index in [1.807, 2.05) is 0 Å². The zero-order valence-corrected chi connectivity index (χ0v) is 19.1. The van der Waals surface area contributed by atoms with Crippen molar-refractivity contribution in [3.8, 4) is 11.5 Å². The van der Waals surface area contributed by atoms with E-state index in [1.165, 1.54) is 0 Å². The molecule has 0 aliphatic heterocycles. The molecule has 186 valence electrons. The Morgan fingerprint density at radius 2 is 1.69 bits per heavy atom. The number of carboxylic acids is 1. The second-order valence-corrected chi connectivity index (χ2v) is 8.12. The third kappa shape index (κ3) is 7.40. The van der Waals surface area contributed by atoms with Gasteiger partial charge in [-0.1, -0.05) is 31.9 Å². The first-order chi connectivity index (χ1) is 16.7. The topological polar surface area (TPSA) is 105 Å². The number of carbonyl (C=O) groups excluding carboxylic acids is 1. The first-order valence-electron chi connectivity index (χ1n) is 11.3. The Hall–Kier alpha value is -3.69. The highest BCUT2D eigenvalue weighted by molar-refractivity contribution is 5.96. The molecule has 1 heterocycles. The van der Waals surface area contributed by atoms with Crippen LogP contribution in [0.3, 0.4) is 0 Å². The van der Waals surface area contributed by atoms with Crippen LogP contribution in [0.4, 0.5) is 18.9 Å². The standard InChI is InChI=1S/C25H26F3N3O4/c1-2-3-5-20(29-19-14-12-17(13-15-19)21(32)6-4-7-22(33)34)16-8-10-18(11-9-16)23-30-31-24(35-23)25(26,27)28/h8-15,20,29H,2-7H2,1H3,(H,33,34)/t20-/m0/s1. The van der Waals surface area contributed by atoms with E-state index >= 15 is 0 Å². The zero-order chi connectivity index (χ0) is 25.4. The van der Waals surface area contributed by atoms with Crippen LogP contribution in [0.15, 0.2) is 52.9 Å². The van der Waals surface area contributed by atoms with E-state index in [-0.39, 0.29) is 30.6 Å². The van der Waals surface area contributed by atoms with Crippen molar-refractivity contribution in [1.82, 2.24) is 10.2 Å². The number of alkyl halides is 3. The van der Waals surface area contributed by atoms with Crippen LogP contribution in [0.5, 0.6) is 0 Å². The number of aromatic nitrogens is 2. The Labute approximate surface area is 200 Å². The third-order valence-corrected chi connectivity index (χ3v) is 5.42. The normalized spacial score (nSPS) is 12.3. The van der Waals surface area contributed by atoms with Gasteiger partial charge in [-0.3, -0.25) is 9.59 Å². The van der Waals surface area contributed by atoms with E-state index in [2.05, 4.69) is 22.4 Å². The maximum absolute atomic E-state index is 12.7. The number of halogens is 3. The average Bonchev–Trinajstić information content (AvgIpc) is 3.33. The van der Waals surface area contributed by atoms with Gasteiger partial charge in [0.15, 0.2) is 5.78 Å². The van der Waals surface area contributed by atoms with Gasteiger partial charge in [-0.25, -0.2) is 0 Å². The maximum Gasteiger partial charge on any atom is 0.470 e.